The highest BCUT2D eigenvalue weighted by molar-refractivity contribution is 7.89. The molecule has 2 aromatic rings. The van der Waals surface area contributed by atoms with Crippen LogP contribution in [0.4, 0.5) is 0 Å². The van der Waals surface area contributed by atoms with Crippen LogP contribution >= 0.6 is 11.3 Å². The van der Waals surface area contributed by atoms with Crippen LogP contribution in [-0.2, 0) is 16.6 Å². The Morgan fingerprint density at radius 1 is 1.44 bits per heavy atom. The normalized spacial score (nSPS) is 11.9. The minimum Gasteiger partial charge on any atom is -0.251 e. The van der Waals surface area contributed by atoms with Crippen LogP contribution < -0.4 is 4.72 Å². The van der Waals surface area contributed by atoms with Crippen molar-refractivity contribution in [2.45, 2.75) is 13.5 Å². The van der Waals surface area contributed by atoms with E-state index in [1.807, 2.05) is 12.3 Å². The van der Waals surface area contributed by atoms with Gasteiger partial charge in [0.2, 0.25) is 10.0 Å². The molecule has 1 N–H and O–H groups in total. The number of aryl methyl sites for hydroxylation is 2. The Balaban J connectivity index is 2.07. The number of thiazole rings is 1. The summed E-state index contributed by atoms with van der Waals surface area (Å²) in [6.07, 6.45) is 1.69. The first kappa shape index (κ1) is 13.1. The van der Waals surface area contributed by atoms with E-state index in [2.05, 4.69) is 20.0 Å². The van der Waals surface area contributed by atoms with E-state index in [9.17, 15) is 8.42 Å². The largest absolute Gasteiger partial charge is 0.251 e. The molecule has 0 atom stereocenters. The monoisotopic (exact) mass is 287 g/mol. The molecule has 0 saturated carbocycles. The highest BCUT2D eigenvalue weighted by Gasteiger charge is 2.10. The van der Waals surface area contributed by atoms with Crippen molar-refractivity contribution in [1.29, 1.82) is 0 Å². The SMILES string of the molecule is CNS(=O)(=O)CCn1cc(-c2csc(C)n2)nn1. The van der Waals surface area contributed by atoms with Crippen molar-refractivity contribution < 1.29 is 8.42 Å². The lowest BCUT2D eigenvalue weighted by molar-refractivity contribution is 0.568. The van der Waals surface area contributed by atoms with E-state index < -0.39 is 10.0 Å². The number of aromatic nitrogens is 4. The molecule has 2 heterocycles. The van der Waals surface area contributed by atoms with E-state index >= 15 is 0 Å². The maximum Gasteiger partial charge on any atom is 0.213 e. The summed E-state index contributed by atoms with van der Waals surface area (Å²) < 4.78 is 26.3. The third kappa shape index (κ3) is 3.12. The van der Waals surface area contributed by atoms with Crippen molar-refractivity contribution in [3.05, 3.63) is 16.6 Å². The van der Waals surface area contributed by atoms with E-state index in [1.54, 1.807) is 6.20 Å². The van der Waals surface area contributed by atoms with Gasteiger partial charge in [0.1, 0.15) is 11.4 Å². The molecule has 2 rings (SSSR count). The molecule has 0 aliphatic carbocycles. The second kappa shape index (κ2) is 5.12. The number of sulfonamides is 1. The Morgan fingerprint density at radius 3 is 2.83 bits per heavy atom. The molecule has 0 saturated heterocycles. The molecular formula is C9H13N5O2S2. The molecule has 18 heavy (non-hydrogen) atoms. The molecule has 7 nitrogen and oxygen atoms in total. The summed E-state index contributed by atoms with van der Waals surface area (Å²) in [5.41, 5.74) is 1.42. The van der Waals surface area contributed by atoms with Gasteiger partial charge in [-0.3, -0.25) is 4.68 Å². The first-order valence-electron chi connectivity index (χ1n) is 5.24. The van der Waals surface area contributed by atoms with Crippen LogP contribution in [0.5, 0.6) is 0 Å². The van der Waals surface area contributed by atoms with Gasteiger partial charge in [-0.05, 0) is 14.0 Å². The molecule has 0 aliphatic rings. The molecule has 98 valence electrons. The van der Waals surface area contributed by atoms with Crippen LogP contribution in [-0.4, -0.2) is 41.2 Å². The topological polar surface area (TPSA) is 89.8 Å². The van der Waals surface area contributed by atoms with E-state index in [1.165, 1.54) is 23.1 Å². The number of nitrogens with zero attached hydrogens (tertiary/aromatic N) is 4. The van der Waals surface area contributed by atoms with Crippen molar-refractivity contribution in [2.75, 3.05) is 12.8 Å². The van der Waals surface area contributed by atoms with Crippen molar-refractivity contribution >= 4 is 21.4 Å². The predicted octanol–water partition coefficient (Wildman–Crippen LogP) is 0.259. The maximum atomic E-state index is 11.3. The average Bonchev–Trinajstić information content (AvgIpc) is 2.95. The van der Waals surface area contributed by atoms with Gasteiger partial charge < -0.3 is 0 Å². The Morgan fingerprint density at radius 2 is 2.22 bits per heavy atom. The van der Waals surface area contributed by atoms with Crippen molar-refractivity contribution in [2.24, 2.45) is 0 Å². The van der Waals surface area contributed by atoms with Crippen LogP contribution in [0.15, 0.2) is 11.6 Å². The van der Waals surface area contributed by atoms with Gasteiger partial charge in [0, 0.05) is 5.38 Å². The highest BCUT2D eigenvalue weighted by Crippen LogP contribution is 2.18. The Labute approximate surface area is 109 Å². The van der Waals surface area contributed by atoms with Gasteiger partial charge in [-0.2, -0.15) is 0 Å². The van der Waals surface area contributed by atoms with Crippen LogP contribution in [0.3, 0.4) is 0 Å². The second-order valence-corrected chi connectivity index (χ2v) is 6.75. The molecular weight excluding hydrogens is 274 g/mol. The standard InChI is InChI=1S/C9H13N5O2S2/c1-7-11-9(6-17-7)8-5-14(13-12-8)3-4-18(15,16)10-2/h5-6,10H,3-4H2,1-2H3. The van der Waals surface area contributed by atoms with Crippen molar-refractivity contribution in [3.63, 3.8) is 0 Å². The summed E-state index contributed by atoms with van der Waals surface area (Å²) in [4.78, 5) is 4.29. The zero-order valence-electron chi connectivity index (χ0n) is 9.99. The third-order valence-electron chi connectivity index (χ3n) is 2.32. The zero-order valence-corrected chi connectivity index (χ0v) is 11.6. The molecule has 0 spiro atoms. The molecule has 0 amide bonds. The Kier molecular flexibility index (Phi) is 3.73. The lowest BCUT2D eigenvalue weighted by atomic mass is 10.4. The number of hydrogen-bond donors (Lipinski definition) is 1. The van der Waals surface area contributed by atoms with E-state index in [0.29, 0.717) is 5.69 Å². The average molecular weight is 287 g/mol. The van der Waals surface area contributed by atoms with Gasteiger partial charge in [-0.15, -0.1) is 16.4 Å². The smallest absolute Gasteiger partial charge is 0.213 e. The molecule has 0 unspecified atom stereocenters. The van der Waals surface area contributed by atoms with Gasteiger partial charge in [0.05, 0.1) is 23.5 Å². The molecule has 0 fully saturated rings. The summed E-state index contributed by atoms with van der Waals surface area (Å²) in [7, 11) is -1.83. The minimum atomic E-state index is -3.22. The van der Waals surface area contributed by atoms with E-state index in [0.717, 1.165) is 10.7 Å². The fourth-order valence-corrected chi connectivity index (χ4v) is 2.56. The Hall–Kier alpha value is -1.32. The van der Waals surface area contributed by atoms with Crippen LogP contribution in [0.2, 0.25) is 0 Å². The molecule has 0 aliphatic heterocycles. The van der Waals surface area contributed by atoms with E-state index in [-0.39, 0.29) is 12.3 Å². The maximum absolute atomic E-state index is 11.3. The lowest BCUT2D eigenvalue weighted by Gasteiger charge is -2.00. The summed E-state index contributed by atoms with van der Waals surface area (Å²) >= 11 is 1.54. The van der Waals surface area contributed by atoms with E-state index in [4.69, 9.17) is 0 Å². The first-order valence-corrected chi connectivity index (χ1v) is 7.77. The number of hydrogen-bond acceptors (Lipinski definition) is 6. The quantitative estimate of drug-likeness (QED) is 0.852. The molecule has 0 bridgehead atoms. The van der Waals surface area contributed by atoms with Crippen LogP contribution in [0.25, 0.3) is 11.4 Å². The zero-order chi connectivity index (χ0) is 13.2. The fraction of sp³-hybridized carbons (Fsp3) is 0.444. The number of rotatable bonds is 5. The van der Waals surface area contributed by atoms with Gasteiger partial charge in [-0.1, -0.05) is 5.21 Å². The van der Waals surface area contributed by atoms with Crippen molar-refractivity contribution in [3.8, 4) is 11.4 Å². The Bertz CT molecular complexity index is 631. The van der Waals surface area contributed by atoms with Crippen LogP contribution in [0, 0.1) is 6.92 Å². The fourth-order valence-electron chi connectivity index (χ4n) is 1.32. The summed E-state index contributed by atoms with van der Waals surface area (Å²) in [6, 6.07) is 0. The second-order valence-electron chi connectivity index (χ2n) is 3.64. The predicted molar refractivity (Wildman–Crippen MR) is 68.7 cm³/mol. The molecule has 9 heteroatoms. The molecule has 0 aromatic carbocycles. The molecule has 2 aromatic heterocycles. The highest BCUT2D eigenvalue weighted by atomic mass is 32.2. The lowest BCUT2D eigenvalue weighted by Crippen LogP contribution is -2.24. The van der Waals surface area contributed by atoms with Gasteiger partial charge in [-0.25, -0.2) is 18.1 Å². The molecule has 0 radical (unpaired) electrons. The summed E-state index contributed by atoms with van der Waals surface area (Å²) in [6.45, 7) is 2.18. The van der Waals surface area contributed by atoms with Gasteiger partial charge in [0.15, 0.2) is 0 Å². The van der Waals surface area contributed by atoms with Crippen molar-refractivity contribution in [1.82, 2.24) is 24.7 Å². The summed E-state index contributed by atoms with van der Waals surface area (Å²) in [5.74, 6) is -0.0254. The minimum absolute atomic E-state index is 0.0254. The van der Waals surface area contributed by atoms with Gasteiger partial charge >= 0.3 is 0 Å². The van der Waals surface area contributed by atoms with Crippen LogP contribution in [0.1, 0.15) is 5.01 Å². The van der Waals surface area contributed by atoms with Gasteiger partial charge in [0.25, 0.3) is 0 Å². The third-order valence-corrected chi connectivity index (χ3v) is 4.44. The number of nitrogens with one attached hydrogen (secondary N) is 1. The summed E-state index contributed by atoms with van der Waals surface area (Å²) in [5, 5.41) is 10.7. The first-order chi connectivity index (χ1) is 8.50.